The molecule has 2 aliphatic rings. The number of hydrogen-bond acceptors (Lipinski definition) is 4. The normalized spacial score (nSPS) is 28.7. The Morgan fingerprint density at radius 3 is 2.65 bits per heavy atom. The van der Waals surface area contributed by atoms with Crippen molar-refractivity contribution in [2.24, 2.45) is 11.7 Å². The number of nitrogens with zero attached hydrogens (tertiary/aromatic N) is 1. The highest BCUT2D eigenvalue weighted by molar-refractivity contribution is 5.79. The first-order valence-corrected chi connectivity index (χ1v) is 7.96. The summed E-state index contributed by atoms with van der Waals surface area (Å²) in [6.07, 6.45) is 6.04. The molecule has 1 aliphatic carbocycles. The molecule has 2 rings (SSSR count). The number of amides is 1. The molecule has 2 unspecified atom stereocenters. The first-order chi connectivity index (χ1) is 9.69. The molecule has 1 amide bonds. The summed E-state index contributed by atoms with van der Waals surface area (Å²) < 4.78 is 5.08. The number of nitrogens with one attached hydrogen (secondary N) is 1. The van der Waals surface area contributed by atoms with Crippen molar-refractivity contribution >= 4 is 5.91 Å². The molecule has 0 radical (unpaired) electrons. The molecule has 0 aromatic carbocycles. The van der Waals surface area contributed by atoms with E-state index < -0.39 is 0 Å². The van der Waals surface area contributed by atoms with Gasteiger partial charge in [-0.2, -0.15) is 0 Å². The standard InChI is InChI=1S/C15H29N3O2/c1-20-10-2-7-18-8-5-14(6-9-18)17-15(19)12-3-4-13(16)11-12/h12-14H,2-11,16H2,1H3,(H,17,19). The van der Waals surface area contributed by atoms with Crippen LogP contribution in [0.25, 0.3) is 0 Å². The SMILES string of the molecule is COCCCN1CCC(NC(=O)C2CCC(N)C2)CC1. The molecule has 0 aromatic rings. The number of hydrogen-bond donors (Lipinski definition) is 2. The van der Waals surface area contributed by atoms with E-state index in [1.807, 2.05) is 0 Å². The molecule has 0 bridgehead atoms. The Hall–Kier alpha value is -0.650. The average Bonchev–Trinajstić information content (AvgIpc) is 2.88. The predicted octanol–water partition coefficient (Wildman–Crippen LogP) is 0.731. The summed E-state index contributed by atoms with van der Waals surface area (Å²) in [7, 11) is 1.75. The Morgan fingerprint density at radius 2 is 2.05 bits per heavy atom. The van der Waals surface area contributed by atoms with Crippen LogP contribution in [0.15, 0.2) is 0 Å². The Balaban J connectivity index is 1.63. The quantitative estimate of drug-likeness (QED) is 0.705. The number of carbonyl (C=O) groups is 1. The van der Waals surface area contributed by atoms with Crippen LogP contribution in [0.4, 0.5) is 0 Å². The van der Waals surface area contributed by atoms with E-state index in [0.717, 1.165) is 64.8 Å². The van der Waals surface area contributed by atoms with E-state index in [2.05, 4.69) is 10.2 Å². The van der Waals surface area contributed by atoms with Crippen molar-refractivity contribution in [3.05, 3.63) is 0 Å². The van der Waals surface area contributed by atoms with Gasteiger partial charge in [-0.1, -0.05) is 0 Å². The fraction of sp³-hybridized carbons (Fsp3) is 0.933. The highest BCUT2D eigenvalue weighted by atomic mass is 16.5. The summed E-state index contributed by atoms with van der Waals surface area (Å²) in [5, 5.41) is 3.22. The lowest BCUT2D eigenvalue weighted by Crippen LogP contribution is -2.46. The predicted molar refractivity (Wildman–Crippen MR) is 79.4 cm³/mol. The largest absolute Gasteiger partial charge is 0.385 e. The van der Waals surface area contributed by atoms with Crippen LogP contribution in [0, 0.1) is 5.92 Å². The monoisotopic (exact) mass is 283 g/mol. The third-order valence-corrected chi connectivity index (χ3v) is 4.60. The zero-order valence-corrected chi connectivity index (χ0v) is 12.6. The van der Waals surface area contributed by atoms with E-state index in [9.17, 15) is 4.79 Å². The van der Waals surface area contributed by atoms with Crippen LogP contribution in [0.1, 0.15) is 38.5 Å². The maximum atomic E-state index is 12.2. The second kappa shape index (κ2) is 7.96. The highest BCUT2D eigenvalue weighted by Crippen LogP contribution is 2.24. The Bertz CT molecular complexity index is 303. The molecular formula is C15H29N3O2. The number of piperidine rings is 1. The van der Waals surface area contributed by atoms with Crippen molar-refractivity contribution in [3.63, 3.8) is 0 Å². The van der Waals surface area contributed by atoms with Gasteiger partial charge < -0.3 is 20.7 Å². The highest BCUT2D eigenvalue weighted by Gasteiger charge is 2.29. The van der Waals surface area contributed by atoms with E-state index in [4.69, 9.17) is 10.5 Å². The van der Waals surface area contributed by atoms with Crippen molar-refractivity contribution in [1.29, 1.82) is 0 Å². The van der Waals surface area contributed by atoms with Gasteiger partial charge in [0, 0.05) is 51.4 Å². The average molecular weight is 283 g/mol. The van der Waals surface area contributed by atoms with Gasteiger partial charge in [0.15, 0.2) is 0 Å². The lowest BCUT2D eigenvalue weighted by molar-refractivity contribution is -0.125. The van der Waals surface area contributed by atoms with Gasteiger partial charge in [-0.15, -0.1) is 0 Å². The maximum absolute atomic E-state index is 12.2. The van der Waals surface area contributed by atoms with Gasteiger partial charge in [0.1, 0.15) is 0 Å². The van der Waals surface area contributed by atoms with Crippen molar-refractivity contribution in [2.45, 2.75) is 50.6 Å². The molecule has 1 saturated carbocycles. The van der Waals surface area contributed by atoms with Gasteiger partial charge in [0.05, 0.1) is 0 Å². The summed E-state index contributed by atoms with van der Waals surface area (Å²) in [4.78, 5) is 14.6. The fourth-order valence-electron chi connectivity index (χ4n) is 3.31. The number of carbonyl (C=O) groups excluding carboxylic acids is 1. The van der Waals surface area contributed by atoms with Crippen LogP contribution in [-0.2, 0) is 9.53 Å². The van der Waals surface area contributed by atoms with Crippen LogP contribution in [0.5, 0.6) is 0 Å². The second-order valence-electron chi connectivity index (χ2n) is 6.24. The second-order valence-corrected chi connectivity index (χ2v) is 6.24. The van der Waals surface area contributed by atoms with E-state index in [-0.39, 0.29) is 17.9 Å². The lowest BCUT2D eigenvalue weighted by Gasteiger charge is -2.32. The number of methoxy groups -OCH3 is 1. The molecule has 5 nitrogen and oxygen atoms in total. The van der Waals surface area contributed by atoms with E-state index in [0.29, 0.717) is 6.04 Å². The maximum Gasteiger partial charge on any atom is 0.223 e. The Labute approximate surface area is 122 Å². The van der Waals surface area contributed by atoms with Crippen molar-refractivity contribution in [3.8, 4) is 0 Å². The van der Waals surface area contributed by atoms with Crippen LogP contribution < -0.4 is 11.1 Å². The molecule has 1 saturated heterocycles. The van der Waals surface area contributed by atoms with Crippen LogP contribution >= 0.6 is 0 Å². The first kappa shape index (κ1) is 15.7. The van der Waals surface area contributed by atoms with Crippen molar-refractivity contribution in [2.75, 3.05) is 33.4 Å². The van der Waals surface area contributed by atoms with Gasteiger partial charge in [-0.05, 0) is 38.5 Å². The molecule has 1 aliphatic heterocycles. The van der Waals surface area contributed by atoms with E-state index in [1.54, 1.807) is 7.11 Å². The Kier molecular flexibility index (Phi) is 6.26. The van der Waals surface area contributed by atoms with Gasteiger partial charge in [0.2, 0.25) is 5.91 Å². The summed E-state index contributed by atoms with van der Waals surface area (Å²) >= 11 is 0. The number of ether oxygens (including phenoxy) is 1. The first-order valence-electron chi connectivity index (χ1n) is 7.96. The number of likely N-dealkylation sites (tertiary alicyclic amines) is 1. The van der Waals surface area contributed by atoms with Gasteiger partial charge in [0.25, 0.3) is 0 Å². The minimum absolute atomic E-state index is 0.157. The van der Waals surface area contributed by atoms with Crippen LogP contribution in [0.3, 0.4) is 0 Å². The third-order valence-electron chi connectivity index (χ3n) is 4.60. The minimum Gasteiger partial charge on any atom is -0.385 e. The van der Waals surface area contributed by atoms with Gasteiger partial charge in [-0.25, -0.2) is 0 Å². The number of rotatable bonds is 6. The topological polar surface area (TPSA) is 67.6 Å². The van der Waals surface area contributed by atoms with Gasteiger partial charge >= 0.3 is 0 Å². The third kappa shape index (κ3) is 4.72. The molecule has 2 fully saturated rings. The molecular weight excluding hydrogens is 254 g/mol. The molecule has 3 N–H and O–H groups in total. The molecule has 2 atom stereocenters. The fourth-order valence-corrected chi connectivity index (χ4v) is 3.31. The van der Waals surface area contributed by atoms with Crippen LogP contribution in [0.2, 0.25) is 0 Å². The number of nitrogens with two attached hydrogens (primary N) is 1. The molecule has 5 heteroatoms. The van der Waals surface area contributed by atoms with Crippen LogP contribution in [-0.4, -0.2) is 56.2 Å². The molecule has 20 heavy (non-hydrogen) atoms. The molecule has 1 heterocycles. The van der Waals surface area contributed by atoms with E-state index >= 15 is 0 Å². The summed E-state index contributed by atoms with van der Waals surface area (Å²) in [6.45, 7) is 4.10. The molecule has 0 aromatic heterocycles. The summed E-state index contributed by atoms with van der Waals surface area (Å²) in [5.41, 5.74) is 5.88. The van der Waals surface area contributed by atoms with Gasteiger partial charge in [-0.3, -0.25) is 4.79 Å². The van der Waals surface area contributed by atoms with E-state index in [1.165, 1.54) is 0 Å². The molecule has 116 valence electrons. The summed E-state index contributed by atoms with van der Waals surface area (Å²) in [6, 6.07) is 0.589. The minimum atomic E-state index is 0.157. The lowest BCUT2D eigenvalue weighted by atomic mass is 10.0. The van der Waals surface area contributed by atoms with Crippen molar-refractivity contribution in [1.82, 2.24) is 10.2 Å². The zero-order chi connectivity index (χ0) is 14.4. The Morgan fingerprint density at radius 1 is 1.30 bits per heavy atom. The zero-order valence-electron chi connectivity index (χ0n) is 12.6. The molecule has 0 spiro atoms. The summed E-state index contributed by atoms with van der Waals surface area (Å²) in [5.74, 6) is 0.389. The van der Waals surface area contributed by atoms with Crippen molar-refractivity contribution < 1.29 is 9.53 Å². The smallest absolute Gasteiger partial charge is 0.223 e.